The van der Waals surface area contributed by atoms with Gasteiger partial charge in [0.2, 0.25) is 0 Å². The Morgan fingerprint density at radius 2 is 2.04 bits per heavy atom. The van der Waals surface area contributed by atoms with Crippen LogP contribution in [0.5, 0.6) is 0 Å². The summed E-state index contributed by atoms with van der Waals surface area (Å²) in [4.78, 5) is 13.9. The van der Waals surface area contributed by atoms with Crippen LogP contribution < -0.4 is 5.43 Å². The Hall–Kier alpha value is -2.83. The second kappa shape index (κ2) is 7.19. The van der Waals surface area contributed by atoms with Crippen LogP contribution in [0.15, 0.2) is 60.2 Å². The predicted molar refractivity (Wildman–Crippen MR) is 108 cm³/mol. The number of fused-ring (bicyclic) bond motifs is 1. The molecule has 0 bridgehead atoms. The second-order valence-electron chi connectivity index (χ2n) is 5.59. The first-order chi connectivity index (χ1) is 12.7. The Morgan fingerprint density at radius 1 is 1.15 bits per heavy atom. The first kappa shape index (κ1) is 16.6. The van der Waals surface area contributed by atoms with Gasteiger partial charge in [-0.3, -0.25) is 10.4 Å². The van der Waals surface area contributed by atoms with E-state index in [0.717, 1.165) is 36.8 Å². The van der Waals surface area contributed by atoms with Crippen molar-refractivity contribution in [3.63, 3.8) is 0 Å². The lowest BCUT2D eigenvalue weighted by atomic mass is 10.1. The van der Waals surface area contributed by atoms with Crippen molar-refractivity contribution in [3.8, 4) is 10.4 Å². The lowest BCUT2D eigenvalue weighted by Crippen LogP contribution is -1.94. The third kappa shape index (κ3) is 3.16. The number of pyridine rings is 1. The lowest BCUT2D eigenvalue weighted by Gasteiger charge is -2.01. The normalized spacial score (nSPS) is 11.3. The first-order valence-electron chi connectivity index (χ1n) is 7.92. The number of hydrogen-bond donors (Lipinski definition) is 1. The maximum Gasteiger partial charge on any atom is 0.167 e. The number of halogens is 1. The number of anilines is 1. The molecule has 5 nitrogen and oxygen atoms in total. The summed E-state index contributed by atoms with van der Waals surface area (Å²) in [6.45, 7) is 2.05. The molecule has 4 aromatic rings. The zero-order valence-electron chi connectivity index (χ0n) is 13.8. The SMILES string of the molecule is Cc1c(-c2ccccc2Cl)sc2c(NN=Cc3cccnc3)ncnc12. The van der Waals surface area contributed by atoms with Gasteiger partial charge in [0.25, 0.3) is 0 Å². The van der Waals surface area contributed by atoms with Crippen LogP contribution in [-0.2, 0) is 0 Å². The summed E-state index contributed by atoms with van der Waals surface area (Å²) < 4.78 is 0.947. The summed E-state index contributed by atoms with van der Waals surface area (Å²) >= 11 is 7.98. The fourth-order valence-electron chi connectivity index (χ4n) is 2.63. The van der Waals surface area contributed by atoms with Crippen molar-refractivity contribution in [2.45, 2.75) is 6.92 Å². The van der Waals surface area contributed by atoms with E-state index < -0.39 is 0 Å². The molecule has 0 spiro atoms. The van der Waals surface area contributed by atoms with Gasteiger partial charge in [-0.2, -0.15) is 5.10 Å². The maximum absolute atomic E-state index is 6.38. The van der Waals surface area contributed by atoms with E-state index in [4.69, 9.17) is 11.6 Å². The molecule has 7 heteroatoms. The Labute approximate surface area is 159 Å². The van der Waals surface area contributed by atoms with E-state index in [-0.39, 0.29) is 0 Å². The van der Waals surface area contributed by atoms with Crippen molar-refractivity contribution in [2.75, 3.05) is 5.43 Å². The molecular formula is C19H14ClN5S. The van der Waals surface area contributed by atoms with Crippen molar-refractivity contribution in [3.05, 3.63) is 71.3 Å². The third-order valence-electron chi connectivity index (χ3n) is 3.89. The molecule has 0 saturated heterocycles. The zero-order chi connectivity index (χ0) is 17.9. The quantitative estimate of drug-likeness (QED) is 0.393. The van der Waals surface area contributed by atoms with Crippen molar-refractivity contribution in [1.29, 1.82) is 0 Å². The second-order valence-corrected chi connectivity index (χ2v) is 7.02. The van der Waals surface area contributed by atoms with Crippen molar-refractivity contribution in [1.82, 2.24) is 15.0 Å². The van der Waals surface area contributed by atoms with Crippen molar-refractivity contribution < 1.29 is 0 Å². The first-order valence-corrected chi connectivity index (χ1v) is 9.11. The van der Waals surface area contributed by atoms with Gasteiger partial charge in [0, 0.05) is 33.4 Å². The lowest BCUT2D eigenvalue weighted by molar-refractivity contribution is 1.18. The predicted octanol–water partition coefficient (Wildman–Crippen LogP) is 5.16. The highest BCUT2D eigenvalue weighted by Crippen LogP contribution is 2.41. The molecule has 0 unspecified atom stereocenters. The molecule has 0 saturated carbocycles. The molecule has 0 fully saturated rings. The van der Waals surface area contributed by atoms with E-state index in [1.807, 2.05) is 43.3 Å². The number of aromatic nitrogens is 3. The van der Waals surface area contributed by atoms with Crippen molar-refractivity contribution in [2.24, 2.45) is 5.10 Å². The molecule has 0 radical (unpaired) electrons. The van der Waals surface area contributed by atoms with Crippen LogP contribution in [0, 0.1) is 6.92 Å². The number of hydrogen-bond acceptors (Lipinski definition) is 6. The summed E-state index contributed by atoms with van der Waals surface area (Å²) in [5.41, 5.74) is 6.90. The Kier molecular flexibility index (Phi) is 4.60. The molecule has 26 heavy (non-hydrogen) atoms. The monoisotopic (exact) mass is 379 g/mol. The van der Waals surface area contributed by atoms with Crippen LogP contribution in [0.3, 0.4) is 0 Å². The van der Waals surface area contributed by atoms with Gasteiger partial charge in [0.1, 0.15) is 6.33 Å². The van der Waals surface area contributed by atoms with Gasteiger partial charge in [-0.05, 0) is 24.6 Å². The summed E-state index contributed by atoms with van der Waals surface area (Å²) in [5.74, 6) is 0.668. The van der Waals surface area contributed by atoms with Gasteiger partial charge in [0.15, 0.2) is 5.82 Å². The fourth-order valence-corrected chi connectivity index (χ4v) is 4.15. The molecule has 0 amide bonds. The maximum atomic E-state index is 6.38. The van der Waals surface area contributed by atoms with E-state index in [1.54, 1.807) is 36.3 Å². The smallest absolute Gasteiger partial charge is 0.167 e. The van der Waals surface area contributed by atoms with E-state index >= 15 is 0 Å². The summed E-state index contributed by atoms with van der Waals surface area (Å²) in [6.07, 6.45) is 6.71. The number of rotatable bonds is 4. The topological polar surface area (TPSA) is 63.1 Å². The molecule has 0 aliphatic heterocycles. The molecule has 0 aliphatic carbocycles. The molecule has 3 heterocycles. The third-order valence-corrected chi connectivity index (χ3v) is 5.54. The number of aryl methyl sites for hydroxylation is 1. The van der Waals surface area contributed by atoms with E-state index in [2.05, 4.69) is 25.5 Å². The van der Waals surface area contributed by atoms with Gasteiger partial charge < -0.3 is 0 Å². The Balaban J connectivity index is 1.72. The highest BCUT2D eigenvalue weighted by Gasteiger charge is 2.16. The molecule has 1 aromatic carbocycles. The molecule has 1 N–H and O–H groups in total. The minimum absolute atomic E-state index is 0.668. The standard InChI is InChI=1S/C19H14ClN5S/c1-12-16-18(26-17(12)14-6-2-3-7-15(14)20)19(23-11-22-16)25-24-10-13-5-4-8-21-9-13/h2-11H,1H3,(H,22,23,25). The number of thiophene rings is 1. The molecule has 4 rings (SSSR count). The van der Waals surface area contributed by atoms with Crippen LogP contribution in [-0.4, -0.2) is 21.2 Å². The minimum atomic E-state index is 0.668. The average molecular weight is 380 g/mol. The summed E-state index contributed by atoms with van der Waals surface area (Å²) in [7, 11) is 0. The van der Waals surface area contributed by atoms with Gasteiger partial charge in [0.05, 0.1) is 16.4 Å². The van der Waals surface area contributed by atoms with Crippen LogP contribution in [0.4, 0.5) is 5.82 Å². The fraction of sp³-hybridized carbons (Fsp3) is 0.0526. The Bertz CT molecular complexity index is 1090. The van der Waals surface area contributed by atoms with Crippen LogP contribution in [0.25, 0.3) is 20.7 Å². The van der Waals surface area contributed by atoms with Crippen LogP contribution in [0.2, 0.25) is 5.02 Å². The summed E-state index contributed by atoms with van der Waals surface area (Å²) in [5, 5.41) is 4.99. The molecule has 0 aliphatic rings. The minimum Gasteiger partial charge on any atom is -0.264 e. The van der Waals surface area contributed by atoms with Crippen molar-refractivity contribution >= 4 is 45.2 Å². The number of nitrogens with one attached hydrogen (secondary N) is 1. The Morgan fingerprint density at radius 3 is 2.85 bits per heavy atom. The van der Waals surface area contributed by atoms with Crippen LogP contribution >= 0.6 is 22.9 Å². The van der Waals surface area contributed by atoms with Gasteiger partial charge in [-0.15, -0.1) is 11.3 Å². The van der Waals surface area contributed by atoms with E-state index in [9.17, 15) is 0 Å². The molecule has 128 valence electrons. The number of hydrazone groups is 1. The molecular weight excluding hydrogens is 366 g/mol. The molecule has 0 atom stereocenters. The van der Waals surface area contributed by atoms with Crippen LogP contribution in [0.1, 0.15) is 11.1 Å². The highest BCUT2D eigenvalue weighted by molar-refractivity contribution is 7.23. The molecule has 3 aromatic heterocycles. The van der Waals surface area contributed by atoms with Gasteiger partial charge in [-0.25, -0.2) is 9.97 Å². The highest BCUT2D eigenvalue weighted by atomic mass is 35.5. The zero-order valence-corrected chi connectivity index (χ0v) is 15.4. The average Bonchev–Trinajstić information content (AvgIpc) is 3.01. The van der Waals surface area contributed by atoms with Gasteiger partial charge >= 0.3 is 0 Å². The van der Waals surface area contributed by atoms with Gasteiger partial charge in [-0.1, -0.05) is 35.9 Å². The van der Waals surface area contributed by atoms with E-state index in [1.165, 1.54) is 0 Å². The summed E-state index contributed by atoms with van der Waals surface area (Å²) in [6, 6.07) is 11.6. The number of benzene rings is 1. The largest absolute Gasteiger partial charge is 0.264 e. The number of nitrogens with zero attached hydrogens (tertiary/aromatic N) is 4. The van der Waals surface area contributed by atoms with E-state index in [0.29, 0.717) is 5.82 Å².